The zero-order valence-electron chi connectivity index (χ0n) is 16.0. The van der Waals surface area contributed by atoms with E-state index in [4.69, 9.17) is 5.11 Å². The second kappa shape index (κ2) is 12.0. The van der Waals surface area contributed by atoms with Crippen LogP contribution in [0.15, 0.2) is 24.3 Å². The van der Waals surface area contributed by atoms with Gasteiger partial charge in [0.2, 0.25) is 0 Å². The number of aliphatic hydroxyl groups is 1. The van der Waals surface area contributed by atoms with Crippen LogP contribution in [0.5, 0.6) is 0 Å². The van der Waals surface area contributed by atoms with Crippen LogP contribution in [0.4, 0.5) is 8.78 Å². The third kappa shape index (κ3) is 7.17. The summed E-state index contributed by atoms with van der Waals surface area (Å²) in [5, 5.41) is 17.8. The van der Waals surface area contributed by atoms with Crippen LogP contribution < -0.4 is 0 Å². The highest BCUT2D eigenvalue weighted by molar-refractivity contribution is 5.85. The number of carboxylic acid groups (broad SMARTS) is 1. The van der Waals surface area contributed by atoms with Crippen LogP contribution in [0.2, 0.25) is 0 Å². The van der Waals surface area contributed by atoms with Gasteiger partial charge in [-0.1, -0.05) is 50.5 Å². The maximum absolute atomic E-state index is 13.8. The van der Waals surface area contributed by atoms with Crippen molar-refractivity contribution >= 4 is 11.8 Å². The molecule has 4 nitrogen and oxygen atoms in total. The van der Waals surface area contributed by atoms with Crippen molar-refractivity contribution in [3.05, 3.63) is 30.7 Å². The SMILES string of the molecule is CCCCCCC=C[C@@]1([C](F)F)CCC(=O)[C@@H]1CC=CCCC(O)C(=O)O. The first-order valence-electron chi connectivity index (χ1n) is 9.79. The number of aliphatic hydroxyl groups excluding tert-OH is 1. The quantitative estimate of drug-likeness (QED) is 0.342. The van der Waals surface area contributed by atoms with E-state index < -0.39 is 29.8 Å². The maximum Gasteiger partial charge on any atom is 0.332 e. The molecule has 0 amide bonds. The molecule has 0 aromatic heterocycles. The molecule has 6 heteroatoms. The van der Waals surface area contributed by atoms with Crippen molar-refractivity contribution in [1.82, 2.24) is 0 Å². The van der Waals surface area contributed by atoms with Gasteiger partial charge in [-0.3, -0.25) is 4.79 Å². The Balaban J connectivity index is 2.66. The Kier molecular flexibility index (Phi) is 10.4. The zero-order valence-corrected chi connectivity index (χ0v) is 16.0. The van der Waals surface area contributed by atoms with Crippen LogP contribution in [0, 0.1) is 17.8 Å². The molecular formula is C21H31F2O4. The molecule has 1 fully saturated rings. The number of carbonyl (C=O) groups is 2. The van der Waals surface area contributed by atoms with E-state index in [1.807, 2.05) is 0 Å². The number of rotatable bonds is 13. The highest BCUT2D eigenvalue weighted by atomic mass is 19.3. The predicted octanol–water partition coefficient (Wildman–Crippen LogP) is 5.08. The molecule has 1 rings (SSSR count). The Bertz CT molecular complexity index is 530. The Morgan fingerprint density at radius 1 is 1.22 bits per heavy atom. The van der Waals surface area contributed by atoms with Crippen LogP contribution in [-0.4, -0.2) is 28.1 Å². The number of carbonyl (C=O) groups excluding carboxylic acids is 1. The molecule has 1 radical (unpaired) electrons. The van der Waals surface area contributed by atoms with Crippen molar-refractivity contribution in [1.29, 1.82) is 0 Å². The Morgan fingerprint density at radius 3 is 2.59 bits per heavy atom. The highest BCUT2D eigenvalue weighted by Crippen LogP contribution is 2.52. The molecule has 0 saturated heterocycles. The molecule has 3 atom stereocenters. The van der Waals surface area contributed by atoms with Gasteiger partial charge in [0.1, 0.15) is 5.78 Å². The summed E-state index contributed by atoms with van der Waals surface area (Å²) in [7, 11) is 0. The minimum absolute atomic E-state index is 0.0524. The minimum Gasteiger partial charge on any atom is -0.479 e. The lowest BCUT2D eigenvalue weighted by Gasteiger charge is -2.29. The topological polar surface area (TPSA) is 74.6 Å². The number of halogens is 2. The van der Waals surface area contributed by atoms with E-state index in [0.717, 1.165) is 32.1 Å². The molecule has 1 saturated carbocycles. The van der Waals surface area contributed by atoms with Gasteiger partial charge in [0.15, 0.2) is 6.10 Å². The van der Waals surface area contributed by atoms with Crippen LogP contribution in [0.25, 0.3) is 0 Å². The summed E-state index contributed by atoms with van der Waals surface area (Å²) in [5.74, 6) is -2.23. The van der Waals surface area contributed by atoms with Gasteiger partial charge < -0.3 is 10.2 Å². The van der Waals surface area contributed by atoms with Crippen molar-refractivity contribution in [3.8, 4) is 0 Å². The molecule has 1 aliphatic carbocycles. The zero-order chi connectivity index (χ0) is 20.3. The van der Waals surface area contributed by atoms with Gasteiger partial charge in [-0.05, 0) is 38.5 Å². The molecule has 0 spiro atoms. The van der Waals surface area contributed by atoms with Crippen molar-refractivity contribution < 1.29 is 28.6 Å². The van der Waals surface area contributed by atoms with Crippen LogP contribution in [-0.2, 0) is 9.59 Å². The molecule has 0 aromatic carbocycles. The monoisotopic (exact) mass is 385 g/mol. The average Bonchev–Trinajstić information content (AvgIpc) is 2.94. The number of Topliss-reactive ketones (excluding diaryl/α,β-unsaturated/α-hetero) is 1. The van der Waals surface area contributed by atoms with E-state index in [1.165, 1.54) is 6.08 Å². The fourth-order valence-corrected chi connectivity index (χ4v) is 3.51. The summed E-state index contributed by atoms with van der Waals surface area (Å²) in [6.45, 7) is 2.11. The van der Waals surface area contributed by atoms with Gasteiger partial charge in [0, 0.05) is 12.3 Å². The lowest BCUT2D eigenvalue weighted by atomic mass is 9.75. The molecule has 1 unspecified atom stereocenters. The molecule has 153 valence electrons. The molecule has 0 heterocycles. The van der Waals surface area contributed by atoms with Crippen LogP contribution in [0.1, 0.15) is 71.1 Å². The molecule has 0 aliphatic heterocycles. The number of aliphatic carboxylic acids is 1. The smallest absolute Gasteiger partial charge is 0.332 e. The van der Waals surface area contributed by atoms with Crippen LogP contribution in [0.3, 0.4) is 0 Å². The first kappa shape index (κ1) is 23.5. The first-order chi connectivity index (χ1) is 12.8. The number of carboxylic acids is 1. The van der Waals surface area contributed by atoms with Gasteiger partial charge in [-0.2, -0.15) is 8.78 Å². The lowest BCUT2D eigenvalue weighted by Crippen LogP contribution is -2.29. The summed E-state index contributed by atoms with van der Waals surface area (Å²) in [4.78, 5) is 22.7. The van der Waals surface area contributed by atoms with Gasteiger partial charge in [0.25, 0.3) is 0 Å². The Morgan fingerprint density at radius 2 is 1.96 bits per heavy atom. The van der Waals surface area contributed by atoms with Crippen molar-refractivity contribution in [2.45, 2.75) is 77.2 Å². The molecule has 1 aliphatic rings. The number of allylic oxidation sites excluding steroid dienone is 4. The fraction of sp³-hybridized carbons (Fsp3) is 0.667. The molecule has 0 aromatic rings. The van der Waals surface area contributed by atoms with E-state index >= 15 is 0 Å². The van der Waals surface area contributed by atoms with Crippen molar-refractivity contribution in [3.63, 3.8) is 0 Å². The summed E-state index contributed by atoms with van der Waals surface area (Å²) in [5.41, 5.74) is -1.48. The van der Waals surface area contributed by atoms with Gasteiger partial charge in [0.05, 0.1) is 5.41 Å². The third-order valence-electron chi connectivity index (χ3n) is 5.22. The lowest BCUT2D eigenvalue weighted by molar-refractivity contribution is -0.146. The van der Waals surface area contributed by atoms with E-state index in [1.54, 1.807) is 18.2 Å². The molecule has 0 bridgehead atoms. The van der Waals surface area contributed by atoms with E-state index in [9.17, 15) is 23.5 Å². The number of unbranched alkanes of at least 4 members (excludes halogenated alkanes) is 4. The summed E-state index contributed by atoms with van der Waals surface area (Å²) in [6.07, 6.45) is 9.32. The number of ketones is 1. The first-order valence-corrected chi connectivity index (χ1v) is 9.79. The van der Waals surface area contributed by atoms with Crippen molar-refractivity contribution in [2.75, 3.05) is 0 Å². The Labute approximate surface area is 160 Å². The standard InChI is InChI=1S/C21H31F2O4/c1-2-3-4-5-6-10-14-21(20(22)23)15-13-17(24)16(21)11-8-7-9-12-18(25)19(26)27/h7-8,10,14,16,18,25H,2-6,9,11-13,15H2,1H3,(H,26,27)/t16-,18?,21+/m0/s1. The van der Waals surface area contributed by atoms with E-state index in [0.29, 0.717) is 6.42 Å². The number of hydrogen-bond donors (Lipinski definition) is 2. The molecule has 27 heavy (non-hydrogen) atoms. The average molecular weight is 385 g/mol. The second-order valence-electron chi connectivity index (χ2n) is 7.21. The maximum atomic E-state index is 13.8. The van der Waals surface area contributed by atoms with Crippen LogP contribution >= 0.6 is 0 Å². The largest absolute Gasteiger partial charge is 0.479 e. The molecule has 2 N–H and O–H groups in total. The highest BCUT2D eigenvalue weighted by Gasteiger charge is 2.53. The fourth-order valence-electron chi connectivity index (χ4n) is 3.51. The van der Waals surface area contributed by atoms with Gasteiger partial charge in [-0.15, -0.1) is 0 Å². The van der Waals surface area contributed by atoms with Crippen molar-refractivity contribution in [2.24, 2.45) is 11.3 Å². The third-order valence-corrected chi connectivity index (χ3v) is 5.22. The van der Waals surface area contributed by atoms with E-state index in [-0.39, 0.29) is 31.5 Å². The second-order valence-corrected chi connectivity index (χ2v) is 7.21. The Hall–Kier alpha value is -1.56. The van der Waals surface area contributed by atoms with Gasteiger partial charge >= 0.3 is 12.4 Å². The molecular weight excluding hydrogens is 354 g/mol. The normalized spacial score (nSPS) is 24.5. The summed E-state index contributed by atoms with van der Waals surface area (Å²) >= 11 is 0. The predicted molar refractivity (Wildman–Crippen MR) is 100 cm³/mol. The minimum atomic E-state index is -1.71. The van der Waals surface area contributed by atoms with Gasteiger partial charge in [-0.25, -0.2) is 4.79 Å². The summed E-state index contributed by atoms with van der Waals surface area (Å²) < 4.78 is 27.6. The number of hydrogen-bond acceptors (Lipinski definition) is 3. The summed E-state index contributed by atoms with van der Waals surface area (Å²) in [6, 6.07) is 0. The van der Waals surface area contributed by atoms with E-state index in [2.05, 4.69) is 6.92 Å².